The van der Waals surface area contributed by atoms with Crippen molar-refractivity contribution >= 4 is 17.5 Å². The molecule has 20 heavy (non-hydrogen) atoms. The first-order chi connectivity index (χ1) is 9.60. The summed E-state index contributed by atoms with van der Waals surface area (Å²) in [6.07, 6.45) is 0.641. The van der Waals surface area contributed by atoms with Gasteiger partial charge in [0, 0.05) is 4.90 Å². The second-order valence-corrected chi connectivity index (χ2v) is 5.41. The minimum atomic E-state index is -0.327. The van der Waals surface area contributed by atoms with Crippen LogP contribution in [0.15, 0.2) is 33.7 Å². The van der Waals surface area contributed by atoms with Gasteiger partial charge in [-0.1, -0.05) is 12.1 Å². The van der Waals surface area contributed by atoms with E-state index in [2.05, 4.69) is 10.1 Å². The fraction of sp³-hybridized carbons (Fsp3) is 0.357. The first-order valence-corrected chi connectivity index (χ1v) is 7.30. The maximum atomic E-state index is 12.8. The van der Waals surface area contributed by atoms with Crippen molar-refractivity contribution < 1.29 is 13.7 Å². The highest BCUT2D eigenvalue weighted by atomic mass is 32.2. The molecule has 0 aliphatic rings. The molecule has 0 bridgehead atoms. The third-order valence-electron chi connectivity index (χ3n) is 2.86. The molecule has 0 aliphatic carbocycles. The molecule has 2 aromatic rings. The predicted molar refractivity (Wildman–Crippen MR) is 74.0 cm³/mol. The maximum absolute atomic E-state index is 12.8. The zero-order chi connectivity index (χ0) is 14.5. The minimum Gasteiger partial charge on any atom is -0.339 e. The van der Waals surface area contributed by atoms with Crippen LogP contribution in [0.1, 0.15) is 37.9 Å². The number of hydrogen-bond donors (Lipinski definition) is 0. The standard InChI is InChI=1S/C14H15FN2O2S/c1-3-12(9(2)18)14-16-13(17-19-14)8-20-11-6-4-10(15)5-7-11/h4-7,12H,3,8H2,1-2H3. The molecule has 6 heteroatoms. The normalized spacial score (nSPS) is 12.3. The zero-order valence-electron chi connectivity index (χ0n) is 11.3. The summed E-state index contributed by atoms with van der Waals surface area (Å²) in [5.74, 6) is 0.858. The van der Waals surface area contributed by atoms with Crippen LogP contribution in [0.4, 0.5) is 4.39 Å². The van der Waals surface area contributed by atoms with Crippen LogP contribution in [-0.4, -0.2) is 15.9 Å². The Morgan fingerprint density at radius 1 is 1.40 bits per heavy atom. The zero-order valence-corrected chi connectivity index (χ0v) is 12.1. The van der Waals surface area contributed by atoms with Crippen molar-refractivity contribution in [3.05, 3.63) is 41.8 Å². The van der Waals surface area contributed by atoms with Gasteiger partial charge in [-0.15, -0.1) is 11.8 Å². The van der Waals surface area contributed by atoms with Crippen LogP contribution >= 0.6 is 11.8 Å². The van der Waals surface area contributed by atoms with E-state index in [1.807, 2.05) is 6.92 Å². The lowest BCUT2D eigenvalue weighted by Gasteiger charge is -2.03. The maximum Gasteiger partial charge on any atom is 0.237 e. The highest BCUT2D eigenvalue weighted by Gasteiger charge is 2.21. The summed E-state index contributed by atoms with van der Waals surface area (Å²) in [6.45, 7) is 3.43. The lowest BCUT2D eigenvalue weighted by molar-refractivity contribution is -0.119. The van der Waals surface area contributed by atoms with Crippen molar-refractivity contribution in [2.24, 2.45) is 0 Å². The number of carbonyl (C=O) groups excluding carboxylic acids is 1. The van der Waals surface area contributed by atoms with Gasteiger partial charge < -0.3 is 4.52 Å². The molecule has 0 spiro atoms. The molecule has 0 saturated heterocycles. The molecule has 4 nitrogen and oxygen atoms in total. The van der Waals surface area contributed by atoms with Crippen molar-refractivity contribution in [1.82, 2.24) is 10.1 Å². The molecule has 0 radical (unpaired) electrons. The fourth-order valence-corrected chi connectivity index (χ4v) is 2.52. The second-order valence-electron chi connectivity index (χ2n) is 4.36. The fourth-order valence-electron chi connectivity index (χ4n) is 1.78. The van der Waals surface area contributed by atoms with Gasteiger partial charge in [-0.3, -0.25) is 4.79 Å². The Kier molecular flexibility index (Phi) is 4.89. The monoisotopic (exact) mass is 294 g/mol. The van der Waals surface area contributed by atoms with E-state index in [9.17, 15) is 9.18 Å². The largest absolute Gasteiger partial charge is 0.339 e. The molecule has 1 heterocycles. The molecule has 0 N–H and O–H groups in total. The highest BCUT2D eigenvalue weighted by molar-refractivity contribution is 7.98. The molecule has 0 aliphatic heterocycles. The third-order valence-corrected chi connectivity index (χ3v) is 3.87. The molecule has 106 valence electrons. The first kappa shape index (κ1) is 14.7. The summed E-state index contributed by atoms with van der Waals surface area (Å²) < 4.78 is 17.9. The van der Waals surface area contributed by atoms with Gasteiger partial charge in [0.2, 0.25) is 5.89 Å². The first-order valence-electron chi connectivity index (χ1n) is 6.31. The topological polar surface area (TPSA) is 56.0 Å². The van der Waals surface area contributed by atoms with Crippen LogP contribution in [-0.2, 0) is 10.5 Å². The van der Waals surface area contributed by atoms with Crippen molar-refractivity contribution in [1.29, 1.82) is 0 Å². The third kappa shape index (κ3) is 3.66. The number of benzene rings is 1. The van der Waals surface area contributed by atoms with Crippen LogP contribution < -0.4 is 0 Å². The van der Waals surface area contributed by atoms with E-state index in [1.54, 1.807) is 12.1 Å². The summed E-state index contributed by atoms with van der Waals surface area (Å²) in [5.41, 5.74) is 0. The molecule has 2 rings (SSSR count). The lowest BCUT2D eigenvalue weighted by Crippen LogP contribution is -2.07. The molecule has 1 aromatic carbocycles. The Balaban J connectivity index is 1.99. The Hall–Kier alpha value is -1.69. The molecule has 0 fully saturated rings. The van der Waals surface area contributed by atoms with Crippen LogP contribution in [0.5, 0.6) is 0 Å². The van der Waals surface area contributed by atoms with E-state index in [-0.39, 0.29) is 17.5 Å². The average molecular weight is 294 g/mol. The molecule has 1 atom stereocenters. The number of hydrogen-bond acceptors (Lipinski definition) is 5. The molecule has 0 amide bonds. The number of aromatic nitrogens is 2. The van der Waals surface area contributed by atoms with Crippen molar-refractivity contribution in [3.63, 3.8) is 0 Å². The van der Waals surface area contributed by atoms with E-state index >= 15 is 0 Å². The van der Waals surface area contributed by atoms with E-state index in [1.165, 1.54) is 30.8 Å². The molecular weight excluding hydrogens is 279 g/mol. The Labute approximate surface area is 120 Å². The summed E-state index contributed by atoms with van der Waals surface area (Å²) in [6, 6.07) is 6.22. The van der Waals surface area contributed by atoms with Gasteiger partial charge in [0.1, 0.15) is 11.6 Å². The van der Waals surface area contributed by atoms with E-state index < -0.39 is 0 Å². The van der Waals surface area contributed by atoms with Crippen molar-refractivity contribution in [3.8, 4) is 0 Å². The van der Waals surface area contributed by atoms with Gasteiger partial charge in [-0.2, -0.15) is 4.98 Å². The number of thioether (sulfide) groups is 1. The minimum absolute atomic E-state index is 0.0221. The Morgan fingerprint density at radius 2 is 2.10 bits per heavy atom. The Bertz CT molecular complexity index is 583. The van der Waals surface area contributed by atoms with Crippen LogP contribution in [0, 0.1) is 5.82 Å². The van der Waals surface area contributed by atoms with Gasteiger partial charge in [-0.05, 0) is 37.6 Å². The smallest absolute Gasteiger partial charge is 0.237 e. The van der Waals surface area contributed by atoms with Gasteiger partial charge in [0.25, 0.3) is 0 Å². The molecule has 1 aromatic heterocycles. The molecular formula is C14H15FN2O2S. The van der Waals surface area contributed by atoms with Gasteiger partial charge in [-0.25, -0.2) is 4.39 Å². The van der Waals surface area contributed by atoms with E-state index in [4.69, 9.17) is 4.52 Å². The van der Waals surface area contributed by atoms with E-state index in [0.29, 0.717) is 23.9 Å². The van der Waals surface area contributed by atoms with Crippen LogP contribution in [0.25, 0.3) is 0 Å². The van der Waals surface area contributed by atoms with Crippen LogP contribution in [0.3, 0.4) is 0 Å². The SMILES string of the molecule is CCC(C(C)=O)c1nc(CSc2ccc(F)cc2)no1. The quantitative estimate of drug-likeness (QED) is 0.762. The average Bonchev–Trinajstić information content (AvgIpc) is 2.87. The Morgan fingerprint density at radius 3 is 2.70 bits per heavy atom. The summed E-state index contributed by atoms with van der Waals surface area (Å²) >= 11 is 1.49. The molecule has 0 saturated carbocycles. The number of Topliss-reactive ketones (excluding diaryl/α,β-unsaturated/α-hetero) is 1. The number of rotatable bonds is 6. The number of carbonyl (C=O) groups is 1. The van der Waals surface area contributed by atoms with Gasteiger partial charge in [0.15, 0.2) is 5.82 Å². The van der Waals surface area contributed by atoms with Gasteiger partial charge >= 0.3 is 0 Å². The number of halogens is 1. The molecule has 1 unspecified atom stereocenters. The predicted octanol–water partition coefficient (Wildman–Crippen LogP) is 3.58. The van der Waals surface area contributed by atoms with Crippen molar-refractivity contribution in [2.45, 2.75) is 36.8 Å². The van der Waals surface area contributed by atoms with E-state index in [0.717, 1.165) is 4.90 Å². The number of ketones is 1. The second kappa shape index (κ2) is 6.65. The lowest BCUT2D eigenvalue weighted by atomic mass is 10.0. The summed E-state index contributed by atoms with van der Waals surface area (Å²) in [4.78, 5) is 16.6. The van der Waals surface area contributed by atoms with Crippen LogP contribution in [0.2, 0.25) is 0 Å². The van der Waals surface area contributed by atoms with Crippen molar-refractivity contribution in [2.75, 3.05) is 0 Å². The van der Waals surface area contributed by atoms with Gasteiger partial charge in [0.05, 0.1) is 11.7 Å². The summed E-state index contributed by atoms with van der Waals surface area (Å²) in [5, 5.41) is 3.87. The highest BCUT2D eigenvalue weighted by Crippen LogP contribution is 2.24. The number of nitrogens with zero attached hydrogens (tertiary/aromatic N) is 2. The summed E-state index contributed by atoms with van der Waals surface area (Å²) in [7, 11) is 0.